The summed E-state index contributed by atoms with van der Waals surface area (Å²) in [6, 6.07) is 12.3. The van der Waals surface area contributed by atoms with Crippen LogP contribution in [0.1, 0.15) is 48.0 Å². The highest BCUT2D eigenvalue weighted by atomic mass is 127. The molecule has 0 bridgehead atoms. The van der Waals surface area contributed by atoms with Crippen LogP contribution in [0.25, 0.3) is 5.69 Å². The molecule has 1 aliphatic heterocycles. The number of aryl methyl sites for hydroxylation is 2. The third kappa shape index (κ3) is 7.31. The first-order chi connectivity index (χ1) is 20.5. The molecule has 0 radical (unpaired) electrons. The van der Waals surface area contributed by atoms with Crippen molar-refractivity contribution in [2.24, 2.45) is 5.10 Å². The van der Waals surface area contributed by atoms with Gasteiger partial charge in [0.1, 0.15) is 6.61 Å². The van der Waals surface area contributed by atoms with E-state index in [4.69, 9.17) is 14.2 Å². The van der Waals surface area contributed by atoms with Gasteiger partial charge in [0.2, 0.25) is 0 Å². The molecular weight excluding hydrogens is 665 g/mol. The Morgan fingerprint density at radius 3 is 2.60 bits per heavy atom. The number of allylic oxidation sites excluding steroid dienone is 1. The molecule has 2 aromatic carbocycles. The maximum Gasteiger partial charge on any atom is 0.337 e. The molecule has 3 aromatic rings. The molecule has 1 aromatic heterocycles. The fraction of sp³-hybridized carbons (Fsp3) is 0.323. The highest BCUT2D eigenvalue weighted by Crippen LogP contribution is 2.35. The van der Waals surface area contributed by atoms with Gasteiger partial charge in [-0.3, -0.25) is 5.43 Å². The van der Waals surface area contributed by atoms with Crippen molar-refractivity contribution in [3.8, 4) is 17.2 Å². The Balaban J connectivity index is 1.43. The second-order valence-electron chi connectivity index (χ2n) is 10.0. The predicted octanol–water partition coefficient (Wildman–Crippen LogP) is 4.53. The first kappa shape index (κ1) is 31.9. The summed E-state index contributed by atoms with van der Waals surface area (Å²) in [4.78, 5) is 24.6. The van der Waals surface area contributed by atoms with Gasteiger partial charge in [0.25, 0.3) is 0 Å². The smallest absolute Gasteiger partial charge is 0.337 e. The molecule has 2 atom stereocenters. The van der Waals surface area contributed by atoms with Gasteiger partial charge in [0.05, 0.1) is 31.5 Å². The van der Waals surface area contributed by atoms with Crippen LogP contribution in [-0.4, -0.2) is 54.4 Å². The molecule has 228 valence electrons. The molecule has 0 unspecified atom stereocenters. The summed E-state index contributed by atoms with van der Waals surface area (Å²) in [5.41, 5.74) is 9.32. The number of amides is 2. The lowest BCUT2D eigenvalue weighted by Gasteiger charge is -2.28. The van der Waals surface area contributed by atoms with E-state index in [0.717, 1.165) is 22.6 Å². The van der Waals surface area contributed by atoms with E-state index in [-0.39, 0.29) is 12.2 Å². The topological polar surface area (TPSA) is 135 Å². The zero-order valence-electron chi connectivity index (χ0n) is 24.9. The Kier molecular flexibility index (Phi) is 10.3. The molecule has 1 aliphatic rings. The summed E-state index contributed by atoms with van der Waals surface area (Å²) in [5.74, 6) is 0.214. The van der Waals surface area contributed by atoms with E-state index in [0.29, 0.717) is 29.4 Å². The van der Waals surface area contributed by atoms with E-state index in [1.165, 1.54) is 16.2 Å². The Morgan fingerprint density at radius 2 is 1.91 bits per heavy atom. The van der Waals surface area contributed by atoms with Crippen LogP contribution in [0, 0.1) is 24.3 Å². The molecule has 2 amide bonds. The van der Waals surface area contributed by atoms with Crippen LogP contribution >= 0.6 is 22.6 Å². The van der Waals surface area contributed by atoms with E-state index in [9.17, 15) is 14.7 Å². The fourth-order valence-corrected chi connectivity index (χ4v) is 5.35. The van der Waals surface area contributed by atoms with E-state index in [1.807, 2.05) is 26.8 Å². The number of methoxy groups -OCH3 is 1. The SMILES string of the molecule is CCOc1cc([C@@H]2NC(=O)NC(C)=C2C(=O)OC)ccc1OC[C@@H](O)N/N=C/c1cc(C)n(-c2ccc(C)c(I)c2)c1C. The molecule has 0 saturated carbocycles. The Labute approximate surface area is 264 Å². The van der Waals surface area contributed by atoms with Crippen molar-refractivity contribution in [3.05, 3.63) is 85.4 Å². The summed E-state index contributed by atoms with van der Waals surface area (Å²) in [6.07, 6.45) is 0.566. The molecular formula is C31H36IN5O6. The highest BCUT2D eigenvalue weighted by Gasteiger charge is 2.32. The number of ether oxygens (including phenoxy) is 3. The maximum absolute atomic E-state index is 12.4. The number of esters is 1. The Hall–Kier alpha value is -4.04. The quantitative estimate of drug-likeness (QED) is 0.0759. The number of aromatic nitrogens is 1. The minimum absolute atomic E-state index is 0.117. The standard InChI is InChI=1S/C31H36IN5O6/c1-7-42-26-13-21(29-28(30(39)41-6)19(4)34-31(40)35-29)9-11-25(26)43-16-27(38)36-33-15-22-12-18(3)37(20(22)5)23-10-8-17(2)24(32)14-23/h8-15,27,29,36,38H,7,16H2,1-6H3,(H2,34,35,40)/b33-15+/t27-,29+/m1/s1. The average molecular weight is 702 g/mol. The van der Waals surface area contributed by atoms with Crippen molar-refractivity contribution in [2.75, 3.05) is 20.3 Å². The molecule has 0 spiro atoms. The van der Waals surface area contributed by atoms with Gasteiger partial charge < -0.3 is 34.5 Å². The summed E-state index contributed by atoms with van der Waals surface area (Å²) in [5, 5.41) is 20.1. The van der Waals surface area contributed by atoms with Crippen molar-refractivity contribution in [1.29, 1.82) is 0 Å². The molecule has 11 nitrogen and oxygen atoms in total. The van der Waals surface area contributed by atoms with Crippen LogP contribution in [0.5, 0.6) is 11.5 Å². The third-order valence-electron chi connectivity index (χ3n) is 6.98. The second-order valence-corrected chi connectivity index (χ2v) is 11.2. The van der Waals surface area contributed by atoms with Crippen LogP contribution in [0.15, 0.2) is 58.8 Å². The van der Waals surface area contributed by atoms with E-state index >= 15 is 0 Å². The van der Waals surface area contributed by atoms with Crippen LogP contribution in [-0.2, 0) is 9.53 Å². The summed E-state index contributed by atoms with van der Waals surface area (Å²) in [6.45, 7) is 9.85. The van der Waals surface area contributed by atoms with Gasteiger partial charge in [0.15, 0.2) is 17.7 Å². The van der Waals surface area contributed by atoms with Gasteiger partial charge in [0, 0.05) is 31.9 Å². The number of rotatable bonds is 11. The van der Waals surface area contributed by atoms with E-state index in [1.54, 1.807) is 31.3 Å². The molecule has 0 aliphatic carbocycles. The Bertz CT molecular complexity index is 1580. The number of nitrogens with zero attached hydrogens (tertiary/aromatic N) is 2. The van der Waals surface area contributed by atoms with Crippen LogP contribution in [0.2, 0.25) is 0 Å². The minimum Gasteiger partial charge on any atom is -0.490 e. The molecule has 2 heterocycles. The summed E-state index contributed by atoms with van der Waals surface area (Å²) < 4.78 is 19.9. The van der Waals surface area contributed by atoms with Crippen LogP contribution in [0.3, 0.4) is 0 Å². The normalized spacial score (nSPS) is 15.6. The number of halogens is 1. The monoisotopic (exact) mass is 701 g/mol. The lowest BCUT2D eigenvalue weighted by atomic mass is 9.95. The van der Waals surface area contributed by atoms with E-state index in [2.05, 4.69) is 73.4 Å². The number of carbonyl (C=O) groups excluding carboxylic acids is 2. The Morgan fingerprint density at radius 1 is 1.14 bits per heavy atom. The van der Waals surface area contributed by atoms with Crippen molar-refractivity contribution < 1.29 is 28.9 Å². The number of hydrazone groups is 1. The molecule has 4 N–H and O–H groups in total. The van der Waals surface area contributed by atoms with Crippen molar-refractivity contribution in [1.82, 2.24) is 20.6 Å². The maximum atomic E-state index is 12.4. The van der Waals surface area contributed by atoms with Gasteiger partial charge in [-0.05, 0) is 98.7 Å². The summed E-state index contributed by atoms with van der Waals surface area (Å²) in [7, 11) is 1.28. The van der Waals surface area contributed by atoms with Gasteiger partial charge in [-0.2, -0.15) is 5.10 Å². The van der Waals surface area contributed by atoms with Crippen molar-refractivity contribution in [3.63, 3.8) is 0 Å². The number of carbonyl (C=O) groups is 2. The molecule has 12 heteroatoms. The zero-order valence-corrected chi connectivity index (χ0v) is 27.1. The van der Waals surface area contributed by atoms with Crippen LogP contribution in [0.4, 0.5) is 4.79 Å². The highest BCUT2D eigenvalue weighted by molar-refractivity contribution is 14.1. The van der Waals surface area contributed by atoms with E-state index < -0.39 is 24.3 Å². The molecule has 4 rings (SSSR count). The number of aliphatic hydroxyl groups is 1. The van der Waals surface area contributed by atoms with Crippen LogP contribution < -0.4 is 25.5 Å². The fourth-order valence-electron chi connectivity index (χ4n) is 4.85. The average Bonchev–Trinajstić information content (AvgIpc) is 3.25. The number of hydrogen-bond donors (Lipinski definition) is 4. The molecule has 0 saturated heterocycles. The largest absolute Gasteiger partial charge is 0.490 e. The molecule has 0 fully saturated rings. The number of hydrogen-bond acceptors (Lipinski definition) is 8. The number of nitrogens with one attached hydrogen (secondary N) is 3. The van der Waals surface area contributed by atoms with Crippen molar-refractivity contribution in [2.45, 2.75) is 46.9 Å². The summed E-state index contributed by atoms with van der Waals surface area (Å²) >= 11 is 2.34. The third-order valence-corrected chi connectivity index (χ3v) is 8.15. The number of urea groups is 1. The van der Waals surface area contributed by atoms with Gasteiger partial charge in [-0.1, -0.05) is 12.1 Å². The second kappa shape index (κ2) is 14.0. The molecule has 43 heavy (non-hydrogen) atoms. The lowest BCUT2D eigenvalue weighted by Crippen LogP contribution is -2.45. The number of aliphatic hydroxyl groups excluding tert-OH is 1. The first-order valence-electron chi connectivity index (χ1n) is 13.7. The van der Waals surface area contributed by atoms with Gasteiger partial charge in [-0.25, -0.2) is 9.59 Å². The van der Waals surface area contributed by atoms with Crippen molar-refractivity contribution >= 4 is 40.8 Å². The number of benzene rings is 2. The minimum atomic E-state index is -1.10. The zero-order chi connectivity index (χ0) is 31.3. The van der Waals surface area contributed by atoms with Gasteiger partial charge >= 0.3 is 12.0 Å². The predicted molar refractivity (Wildman–Crippen MR) is 172 cm³/mol. The lowest BCUT2D eigenvalue weighted by molar-refractivity contribution is -0.136. The van der Waals surface area contributed by atoms with Gasteiger partial charge in [-0.15, -0.1) is 0 Å². The first-order valence-corrected chi connectivity index (χ1v) is 14.8.